The molecule has 7 nitrogen and oxygen atoms in total. The first-order valence-corrected chi connectivity index (χ1v) is 11.0. The summed E-state index contributed by atoms with van der Waals surface area (Å²) in [7, 11) is 0. The lowest BCUT2D eigenvalue weighted by atomic mass is 10.1. The molecule has 1 aliphatic rings. The van der Waals surface area contributed by atoms with E-state index in [2.05, 4.69) is 19.2 Å². The third-order valence-electron chi connectivity index (χ3n) is 5.39. The Hall–Kier alpha value is -3.35. The zero-order chi connectivity index (χ0) is 23.3. The van der Waals surface area contributed by atoms with E-state index in [0.717, 1.165) is 17.7 Å². The van der Waals surface area contributed by atoms with E-state index in [1.807, 2.05) is 26.0 Å². The van der Waals surface area contributed by atoms with E-state index in [1.165, 1.54) is 9.80 Å². The highest BCUT2D eigenvalue weighted by Crippen LogP contribution is 2.28. The average molecular weight is 438 g/mol. The van der Waals surface area contributed by atoms with Crippen LogP contribution in [0.2, 0.25) is 0 Å². The third kappa shape index (κ3) is 5.46. The molecule has 0 aromatic heterocycles. The van der Waals surface area contributed by atoms with Crippen LogP contribution in [0.5, 0.6) is 5.75 Å². The summed E-state index contributed by atoms with van der Waals surface area (Å²) < 4.78 is 5.41. The lowest BCUT2D eigenvalue weighted by molar-refractivity contribution is -0.124. The zero-order valence-electron chi connectivity index (χ0n) is 19.1. The Balaban J connectivity index is 1.76. The molecule has 1 fully saturated rings. The molecular formula is C25H31N3O4. The second kappa shape index (κ2) is 10.3. The van der Waals surface area contributed by atoms with E-state index in [0.29, 0.717) is 30.4 Å². The quantitative estimate of drug-likeness (QED) is 0.581. The molecule has 170 valence electrons. The molecule has 4 amide bonds. The molecule has 1 saturated heterocycles. The van der Waals surface area contributed by atoms with Crippen LogP contribution in [0.15, 0.2) is 48.5 Å². The number of amides is 4. The fraction of sp³-hybridized carbons (Fsp3) is 0.400. The second-order valence-electron chi connectivity index (χ2n) is 8.39. The van der Waals surface area contributed by atoms with E-state index in [1.54, 1.807) is 36.4 Å². The van der Waals surface area contributed by atoms with Crippen LogP contribution in [-0.2, 0) is 9.59 Å². The number of nitrogens with zero attached hydrogens (tertiary/aromatic N) is 2. The minimum absolute atomic E-state index is 0.0990. The monoisotopic (exact) mass is 437 g/mol. The maximum atomic E-state index is 13.2. The van der Waals surface area contributed by atoms with Crippen molar-refractivity contribution in [2.75, 3.05) is 23.4 Å². The van der Waals surface area contributed by atoms with Crippen molar-refractivity contribution in [2.45, 2.75) is 46.6 Å². The standard InChI is InChI=1S/C25H31N3O4/c1-5-32-21-12-8-19(9-13-21)26-23(29)16-22-24(30)28(20-10-6-18(4)7-11-20)25(31)27(22)15-14-17(2)3/h6-13,17,22H,5,14-16H2,1-4H3,(H,26,29)/t22-/m1/s1. The van der Waals surface area contributed by atoms with Crippen LogP contribution >= 0.6 is 0 Å². The normalized spacial score (nSPS) is 16.1. The van der Waals surface area contributed by atoms with E-state index in [9.17, 15) is 14.4 Å². The van der Waals surface area contributed by atoms with Crippen molar-refractivity contribution in [3.63, 3.8) is 0 Å². The van der Waals surface area contributed by atoms with Crippen LogP contribution < -0.4 is 15.0 Å². The molecule has 0 radical (unpaired) electrons. The first-order chi connectivity index (χ1) is 15.3. The number of nitrogens with one attached hydrogen (secondary N) is 1. The van der Waals surface area contributed by atoms with Gasteiger partial charge in [-0.2, -0.15) is 0 Å². The second-order valence-corrected chi connectivity index (χ2v) is 8.39. The predicted molar refractivity (Wildman–Crippen MR) is 125 cm³/mol. The molecule has 3 rings (SSSR count). The number of benzene rings is 2. The van der Waals surface area contributed by atoms with Gasteiger partial charge in [-0.25, -0.2) is 9.69 Å². The highest BCUT2D eigenvalue weighted by molar-refractivity contribution is 6.22. The van der Waals surface area contributed by atoms with Crippen molar-refractivity contribution in [3.8, 4) is 5.75 Å². The van der Waals surface area contributed by atoms with Crippen LogP contribution in [0.4, 0.5) is 16.2 Å². The molecule has 0 spiro atoms. The lowest BCUT2D eigenvalue weighted by Gasteiger charge is -2.22. The number of ether oxygens (including phenoxy) is 1. The maximum Gasteiger partial charge on any atom is 0.332 e. The fourth-order valence-electron chi connectivity index (χ4n) is 3.60. The lowest BCUT2D eigenvalue weighted by Crippen LogP contribution is -2.39. The van der Waals surface area contributed by atoms with Crippen LogP contribution in [0.25, 0.3) is 0 Å². The number of imide groups is 1. The largest absolute Gasteiger partial charge is 0.494 e. The fourth-order valence-corrected chi connectivity index (χ4v) is 3.60. The topological polar surface area (TPSA) is 79.0 Å². The molecule has 0 saturated carbocycles. The summed E-state index contributed by atoms with van der Waals surface area (Å²) in [5.74, 6) is 0.394. The molecule has 1 aliphatic heterocycles. The molecule has 7 heteroatoms. The predicted octanol–water partition coefficient (Wildman–Crippen LogP) is 4.61. The molecular weight excluding hydrogens is 406 g/mol. The first-order valence-electron chi connectivity index (χ1n) is 11.0. The molecule has 0 bridgehead atoms. The Morgan fingerprint density at radius 3 is 2.31 bits per heavy atom. The number of anilines is 2. The SMILES string of the molecule is CCOc1ccc(NC(=O)C[C@@H]2C(=O)N(c3ccc(C)cc3)C(=O)N2CCC(C)C)cc1. The van der Waals surface area contributed by atoms with Gasteiger partial charge in [0.15, 0.2) is 0 Å². The van der Waals surface area contributed by atoms with E-state index in [4.69, 9.17) is 4.74 Å². The van der Waals surface area contributed by atoms with E-state index < -0.39 is 6.04 Å². The number of carbonyl (C=O) groups excluding carboxylic acids is 3. The van der Waals surface area contributed by atoms with E-state index >= 15 is 0 Å². The minimum Gasteiger partial charge on any atom is -0.494 e. The maximum absolute atomic E-state index is 13.2. The highest BCUT2D eigenvalue weighted by atomic mass is 16.5. The average Bonchev–Trinajstić information content (AvgIpc) is 2.98. The van der Waals surface area contributed by atoms with Gasteiger partial charge in [0.05, 0.1) is 18.7 Å². The molecule has 2 aromatic carbocycles. The Morgan fingerprint density at radius 1 is 1.06 bits per heavy atom. The van der Waals surface area contributed by atoms with Crippen molar-refractivity contribution >= 4 is 29.2 Å². The molecule has 1 heterocycles. The first kappa shape index (κ1) is 23.3. The Labute approximate surface area is 189 Å². The van der Waals surface area contributed by atoms with Gasteiger partial charge in [-0.1, -0.05) is 31.5 Å². The van der Waals surface area contributed by atoms with Crippen molar-refractivity contribution in [3.05, 3.63) is 54.1 Å². The van der Waals surface area contributed by atoms with Gasteiger partial charge in [0.25, 0.3) is 5.91 Å². The number of rotatable bonds is 9. The number of carbonyl (C=O) groups is 3. The van der Waals surface area contributed by atoms with Crippen molar-refractivity contribution < 1.29 is 19.1 Å². The van der Waals surface area contributed by atoms with Gasteiger partial charge in [-0.3, -0.25) is 9.59 Å². The van der Waals surface area contributed by atoms with Crippen LogP contribution in [-0.4, -0.2) is 41.9 Å². The molecule has 1 atom stereocenters. The number of aryl methyl sites for hydroxylation is 1. The van der Waals surface area contributed by atoms with Gasteiger partial charge in [0, 0.05) is 12.2 Å². The van der Waals surface area contributed by atoms with Gasteiger partial charge >= 0.3 is 6.03 Å². The minimum atomic E-state index is -0.828. The summed E-state index contributed by atoms with van der Waals surface area (Å²) in [5.41, 5.74) is 2.17. The Bertz CT molecular complexity index is 954. The molecule has 0 unspecified atom stereocenters. The summed E-state index contributed by atoms with van der Waals surface area (Å²) in [6, 6.07) is 13.1. The summed E-state index contributed by atoms with van der Waals surface area (Å²) in [5, 5.41) is 2.82. The highest BCUT2D eigenvalue weighted by Gasteiger charge is 2.46. The third-order valence-corrected chi connectivity index (χ3v) is 5.39. The van der Waals surface area contributed by atoms with Crippen molar-refractivity contribution in [2.24, 2.45) is 5.92 Å². The molecule has 32 heavy (non-hydrogen) atoms. The Morgan fingerprint density at radius 2 is 1.72 bits per heavy atom. The summed E-state index contributed by atoms with van der Waals surface area (Å²) in [6.45, 7) is 8.96. The summed E-state index contributed by atoms with van der Waals surface area (Å²) in [6.07, 6.45) is 0.649. The number of hydrogen-bond donors (Lipinski definition) is 1. The zero-order valence-corrected chi connectivity index (χ0v) is 19.1. The smallest absolute Gasteiger partial charge is 0.332 e. The van der Waals surface area contributed by atoms with Gasteiger partial charge in [-0.05, 0) is 62.6 Å². The van der Waals surface area contributed by atoms with Gasteiger partial charge in [-0.15, -0.1) is 0 Å². The number of urea groups is 1. The van der Waals surface area contributed by atoms with Gasteiger partial charge in [0.1, 0.15) is 11.8 Å². The van der Waals surface area contributed by atoms with Crippen LogP contribution in [0.3, 0.4) is 0 Å². The van der Waals surface area contributed by atoms with Crippen molar-refractivity contribution in [1.82, 2.24) is 4.90 Å². The summed E-state index contributed by atoms with van der Waals surface area (Å²) in [4.78, 5) is 41.8. The molecule has 0 aliphatic carbocycles. The van der Waals surface area contributed by atoms with Crippen LogP contribution in [0, 0.1) is 12.8 Å². The summed E-state index contributed by atoms with van der Waals surface area (Å²) >= 11 is 0. The van der Waals surface area contributed by atoms with Crippen LogP contribution in [0.1, 0.15) is 39.2 Å². The van der Waals surface area contributed by atoms with Gasteiger partial charge < -0.3 is 15.0 Å². The molecule has 1 N–H and O–H groups in total. The number of hydrogen-bond acceptors (Lipinski definition) is 4. The van der Waals surface area contributed by atoms with Crippen molar-refractivity contribution in [1.29, 1.82) is 0 Å². The molecule has 2 aromatic rings. The van der Waals surface area contributed by atoms with E-state index in [-0.39, 0.29) is 24.3 Å². The Kier molecular flexibility index (Phi) is 7.51. The van der Waals surface area contributed by atoms with Gasteiger partial charge in [0.2, 0.25) is 5.91 Å².